The lowest BCUT2D eigenvalue weighted by Gasteiger charge is -2.24. The minimum absolute atomic E-state index is 0.853. The van der Waals surface area contributed by atoms with Gasteiger partial charge in [-0.15, -0.1) is 0 Å². The highest BCUT2D eigenvalue weighted by Gasteiger charge is 2.13. The molecule has 76 valence electrons. The highest BCUT2D eigenvalue weighted by atomic mass is 32.1. The van der Waals surface area contributed by atoms with Crippen molar-refractivity contribution in [2.24, 2.45) is 5.92 Å². The van der Waals surface area contributed by atoms with Crippen LogP contribution < -0.4 is 5.32 Å². The molecular weight excluding hydrogens is 180 g/mol. The maximum Gasteiger partial charge on any atom is 0.168 e. The first-order chi connectivity index (χ1) is 6.20. The molecule has 1 rings (SSSR count). The monoisotopic (exact) mass is 200 g/mol. The van der Waals surface area contributed by atoms with Gasteiger partial charge >= 0.3 is 0 Å². The van der Waals surface area contributed by atoms with Crippen molar-refractivity contribution in [1.82, 2.24) is 10.2 Å². The molecule has 0 radical (unpaired) electrons. The van der Waals surface area contributed by atoms with Crippen LogP contribution in [0, 0.1) is 5.92 Å². The predicted molar refractivity (Wildman–Crippen MR) is 60.9 cm³/mol. The largest absolute Gasteiger partial charge is 0.362 e. The first kappa shape index (κ1) is 10.8. The molecule has 2 nitrogen and oxygen atoms in total. The number of thiocarbonyl (C=S) groups is 1. The Balaban J connectivity index is 2.13. The molecule has 0 heterocycles. The van der Waals surface area contributed by atoms with E-state index in [0.717, 1.165) is 17.6 Å². The summed E-state index contributed by atoms with van der Waals surface area (Å²) in [5.41, 5.74) is 0. The van der Waals surface area contributed by atoms with Crippen molar-refractivity contribution in [3.8, 4) is 0 Å². The van der Waals surface area contributed by atoms with Crippen molar-refractivity contribution < 1.29 is 0 Å². The van der Waals surface area contributed by atoms with E-state index in [2.05, 4.69) is 5.32 Å². The summed E-state index contributed by atoms with van der Waals surface area (Å²) in [5, 5.41) is 4.18. The van der Waals surface area contributed by atoms with Crippen LogP contribution in [0.15, 0.2) is 0 Å². The third-order valence-corrected chi connectivity index (χ3v) is 3.18. The standard InChI is InChI=1S/C10H20N2S/c1-12(2)10(13)11-8-9-6-4-3-5-7-9/h9H,3-8H2,1-2H3,(H,11,13). The smallest absolute Gasteiger partial charge is 0.168 e. The summed E-state index contributed by atoms with van der Waals surface area (Å²) in [7, 11) is 3.96. The third kappa shape index (κ3) is 3.94. The number of hydrogen-bond donors (Lipinski definition) is 1. The zero-order chi connectivity index (χ0) is 9.68. The van der Waals surface area contributed by atoms with Crippen molar-refractivity contribution in [3.05, 3.63) is 0 Å². The van der Waals surface area contributed by atoms with Gasteiger partial charge in [-0.25, -0.2) is 0 Å². The molecule has 0 spiro atoms. The minimum Gasteiger partial charge on any atom is -0.362 e. The van der Waals surface area contributed by atoms with Crippen LogP contribution in [0.3, 0.4) is 0 Å². The maximum atomic E-state index is 5.16. The van der Waals surface area contributed by atoms with Crippen molar-refractivity contribution >= 4 is 17.3 Å². The minimum atomic E-state index is 0.853. The van der Waals surface area contributed by atoms with Gasteiger partial charge in [-0.3, -0.25) is 0 Å². The Morgan fingerprint density at radius 2 is 1.92 bits per heavy atom. The average molecular weight is 200 g/mol. The van der Waals surface area contributed by atoms with E-state index in [-0.39, 0.29) is 0 Å². The van der Waals surface area contributed by atoms with Crippen LogP contribution in [0.25, 0.3) is 0 Å². The fourth-order valence-corrected chi connectivity index (χ4v) is 1.86. The highest BCUT2D eigenvalue weighted by Crippen LogP contribution is 2.22. The summed E-state index contributed by atoms with van der Waals surface area (Å²) in [6, 6.07) is 0. The molecule has 13 heavy (non-hydrogen) atoms. The van der Waals surface area contributed by atoms with Crippen molar-refractivity contribution in [2.75, 3.05) is 20.6 Å². The number of nitrogens with one attached hydrogen (secondary N) is 1. The van der Waals surface area contributed by atoms with Gasteiger partial charge in [-0.1, -0.05) is 19.3 Å². The lowest BCUT2D eigenvalue weighted by Crippen LogP contribution is -2.37. The number of rotatable bonds is 2. The Bertz CT molecular complexity index is 162. The Labute approximate surface area is 86.7 Å². The molecule has 0 aromatic rings. The normalized spacial score (nSPS) is 18.3. The van der Waals surface area contributed by atoms with Gasteiger partial charge in [-0.05, 0) is 31.0 Å². The second-order valence-corrected chi connectivity index (χ2v) is 4.47. The molecule has 1 fully saturated rings. The molecule has 0 aromatic heterocycles. The summed E-state index contributed by atoms with van der Waals surface area (Å²) in [6.45, 7) is 1.07. The molecule has 1 saturated carbocycles. The van der Waals surface area contributed by atoms with E-state index < -0.39 is 0 Å². The molecule has 1 N–H and O–H groups in total. The molecule has 1 aliphatic carbocycles. The Morgan fingerprint density at radius 3 is 2.46 bits per heavy atom. The van der Waals surface area contributed by atoms with E-state index >= 15 is 0 Å². The van der Waals surface area contributed by atoms with Gasteiger partial charge in [0.1, 0.15) is 0 Å². The number of hydrogen-bond acceptors (Lipinski definition) is 1. The molecule has 0 aliphatic heterocycles. The van der Waals surface area contributed by atoms with Gasteiger partial charge in [0.2, 0.25) is 0 Å². The molecule has 0 bridgehead atoms. The van der Waals surface area contributed by atoms with Crippen LogP contribution in [0.1, 0.15) is 32.1 Å². The molecule has 1 aliphatic rings. The van der Waals surface area contributed by atoms with Crippen molar-refractivity contribution in [3.63, 3.8) is 0 Å². The van der Waals surface area contributed by atoms with E-state index in [4.69, 9.17) is 12.2 Å². The molecule has 0 unspecified atom stereocenters. The van der Waals surface area contributed by atoms with Crippen LogP contribution in [-0.2, 0) is 0 Å². The van der Waals surface area contributed by atoms with E-state index in [1.807, 2.05) is 19.0 Å². The Kier molecular flexibility index (Phi) is 4.50. The van der Waals surface area contributed by atoms with E-state index in [1.54, 1.807) is 0 Å². The van der Waals surface area contributed by atoms with Gasteiger partial charge in [0.15, 0.2) is 5.11 Å². The van der Waals surface area contributed by atoms with Crippen LogP contribution in [0.4, 0.5) is 0 Å². The molecule has 0 saturated heterocycles. The van der Waals surface area contributed by atoms with Crippen LogP contribution in [0.2, 0.25) is 0 Å². The summed E-state index contributed by atoms with van der Waals surface area (Å²) < 4.78 is 0. The Hall–Kier alpha value is -0.310. The predicted octanol–water partition coefficient (Wildman–Crippen LogP) is 2.00. The summed E-state index contributed by atoms with van der Waals surface area (Å²) >= 11 is 5.16. The van der Waals surface area contributed by atoms with Crippen molar-refractivity contribution in [2.45, 2.75) is 32.1 Å². The van der Waals surface area contributed by atoms with Crippen LogP contribution in [0.5, 0.6) is 0 Å². The van der Waals surface area contributed by atoms with E-state index in [9.17, 15) is 0 Å². The molecule has 0 atom stereocenters. The molecule has 3 heteroatoms. The summed E-state index contributed by atoms with van der Waals surface area (Å²) in [4.78, 5) is 1.96. The van der Waals surface area contributed by atoms with Gasteiger partial charge in [-0.2, -0.15) is 0 Å². The quantitative estimate of drug-likeness (QED) is 0.686. The van der Waals surface area contributed by atoms with Crippen LogP contribution >= 0.6 is 12.2 Å². The maximum absolute atomic E-state index is 5.16. The van der Waals surface area contributed by atoms with E-state index in [0.29, 0.717) is 0 Å². The first-order valence-electron chi connectivity index (χ1n) is 5.15. The zero-order valence-corrected chi connectivity index (χ0v) is 9.49. The second kappa shape index (κ2) is 5.43. The van der Waals surface area contributed by atoms with Gasteiger partial charge in [0, 0.05) is 20.6 Å². The lowest BCUT2D eigenvalue weighted by atomic mass is 9.89. The molecule has 0 aromatic carbocycles. The third-order valence-electron chi connectivity index (χ3n) is 2.67. The second-order valence-electron chi connectivity index (χ2n) is 4.08. The first-order valence-corrected chi connectivity index (χ1v) is 5.56. The highest BCUT2D eigenvalue weighted by molar-refractivity contribution is 7.80. The molecule has 0 amide bonds. The fraction of sp³-hybridized carbons (Fsp3) is 0.900. The van der Waals surface area contributed by atoms with Gasteiger partial charge in [0.25, 0.3) is 0 Å². The fourth-order valence-electron chi connectivity index (χ4n) is 1.78. The summed E-state index contributed by atoms with van der Waals surface area (Å²) in [5.74, 6) is 0.853. The zero-order valence-electron chi connectivity index (χ0n) is 8.68. The Morgan fingerprint density at radius 1 is 1.31 bits per heavy atom. The van der Waals surface area contributed by atoms with Gasteiger partial charge < -0.3 is 10.2 Å². The topological polar surface area (TPSA) is 15.3 Å². The number of nitrogens with zero attached hydrogens (tertiary/aromatic N) is 1. The van der Waals surface area contributed by atoms with Gasteiger partial charge in [0.05, 0.1) is 0 Å². The molecular formula is C10H20N2S. The van der Waals surface area contributed by atoms with Crippen LogP contribution in [-0.4, -0.2) is 30.7 Å². The average Bonchev–Trinajstić information content (AvgIpc) is 2.15. The SMILES string of the molecule is CN(C)C(=S)NCC1CCCCC1. The summed E-state index contributed by atoms with van der Waals surface area (Å²) in [6.07, 6.45) is 6.99. The lowest BCUT2D eigenvalue weighted by molar-refractivity contribution is 0.354. The van der Waals surface area contributed by atoms with E-state index in [1.165, 1.54) is 32.1 Å². The van der Waals surface area contributed by atoms with Crippen molar-refractivity contribution in [1.29, 1.82) is 0 Å².